The maximum atomic E-state index is 12.4. The first-order valence-corrected chi connectivity index (χ1v) is 13.4. The van der Waals surface area contributed by atoms with Crippen molar-refractivity contribution in [3.63, 3.8) is 0 Å². The first-order chi connectivity index (χ1) is 16.4. The monoisotopic (exact) mass is 500 g/mol. The van der Waals surface area contributed by atoms with Crippen molar-refractivity contribution < 1.29 is 27.6 Å². The van der Waals surface area contributed by atoms with E-state index in [4.69, 9.17) is 0 Å². The van der Waals surface area contributed by atoms with Gasteiger partial charge in [0, 0.05) is 12.8 Å². The summed E-state index contributed by atoms with van der Waals surface area (Å²) in [6.07, 6.45) is 4.68. The van der Waals surface area contributed by atoms with Crippen LogP contribution in [-0.2, 0) is 31.6 Å². The van der Waals surface area contributed by atoms with Crippen molar-refractivity contribution in [1.29, 1.82) is 0 Å². The number of amides is 4. The van der Waals surface area contributed by atoms with E-state index in [1.165, 1.54) is 0 Å². The SMILES string of the molecule is O=C(CCCCCCCCC(=O)N1C(=O)c2ccccc2S1=O)N1C(=O)c2ccccc2S1=O. The van der Waals surface area contributed by atoms with Gasteiger partial charge in [-0.2, -0.15) is 8.61 Å². The van der Waals surface area contributed by atoms with Gasteiger partial charge in [0.2, 0.25) is 11.8 Å². The van der Waals surface area contributed by atoms with Gasteiger partial charge in [-0.25, -0.2) is 8.42 Å². The number of unbranched alkanes of at least 4 members (excludes halogenated alkanes) is 5. The third-order valence-electron chi connectivity index (χ3n) is 5.80. The van der Waals surface area contributed by atoms with Crippen LogP contribution in [0.3, 0.4) is 0 Å². The average molecular weight is 501 g/mol. The van der Waals surface area contributed by atoms with E-state index in [1.54, 1.807) is 48.5 Å². The minimum atomic E-state index is -1.78. The zero-order valence-electron chi connectivity index (χ0n) is 18.4. The number of fused-ring (bicyclic) bond motifs is 2. The summed E-state index contributed by atoms with van der Waals surface area (Å²) in [6.45, 7) is 0. The van der Waals surface area contributed by atoms with E-state index in [0.717, 1.165) is 34.3 Å². The standard InChI is InChI=1S/C24H24N2O6S2/c27-21(25-23(29)17-11-7-9-13-19(17)33(25)31)15-5-3-1-2-4-6-16-22(28)26-24(30)18-12-8-10-14-20(18)34(26)32/h7-14H,1-6,15-16H2. The van der Waals surface area contributed by atoms with E-state index in [9.17, 15) is 27.6 Å². The second-order valence-electron chi connectivity index (χ2n) is 8.10. The van der Waals surface area contributed by atoms with Crippen molar-refractivity contribution in [3.8, 4) is 0 Å². The smallest absolute Gasteiger partial charge is 0.273 e. The molecule has 0 spiro atoms. The predicted molar refractivity (Wildman–Crippen MR) is 125 cm³/mol. The van der Waals surface area contributed by atoms with Crippen LogP contribution in [0.5, 0.6) is 0 Å². The number of nitrogens with zero attached hydrogens (tertiary/aromatic N) is 2. The molecule has 8 nitrogen and oxygen atoms in total. The van der Waals surface area contributed by atoms with Gasteiger partial charge in [0.15, 0.2) is 22.0 Å². The van der Waals surface area contributed by atoms with Gasteiger partial charge in [-0.1, -0.05) is 49.9 Å². The minimum Gasteiger partial charge on any atom is -0.273 e. The molecule has 0 saturated carbocycles. The lowest BCUT2D eigenvalue weighted by molar-refractivity contribution is -0.125. The molecular weight excluding hydrogens is 476 g/mol. The third kappa shape index (κ3) is 4.65. The van der Waals surface area contributed by atoms with Crippen LogP contribution in [0.4, 0.5) is 0 Å². The van der Waals surface area contributed by atoms with E-state index in [-0.39, 0.29) is 12.8 Å². The summed E-state index contributed by atoms with van der Waals surface area (Å²) in [5, 5.41) is 0. The van der Waals surface area contributed by atoms with Gasteiger partial charge in [-0.3, -0.25) is 19.2 Å². The molecule has 2 aromatic carbocycles. The fourth-order valence-corrected chi connectivity index (χ4v) is 6.55. The molecule has 34 heavy (non-hydrogen) atoms. The molecular formula is C24H24N2O6S2. The van der Waals surface area contributed by atoms with E-state index < -0.39 is 45.6 Å². The number of carbonyl (C=O) groups is 4. The van der Waals surface area contributed by atoms with Crippen LogP contribution in [0.2, 0.25) is 0 Å². The highest BCUT2D eigenvalue weighted by atomic mass is 32.2. The van der Waals surface area contributed by atoms with Crippen molar-refractivity contribution >= 4 is 45.6 Å². The van der Waals surface area contributed by atoms with Crippen molar-refractivity contribution in [2.24, 2.45) is 0 Å². The van der Waals surface area contributed by atoms with Gasteiger partial charge >= 0.3 is 0 Å². The van der Waals surface area contributed by atoms with Gasteiger partial charge in [0.25, 0.3) is 11.8 Å². The number of imide groups is 2. The van der Waals surface area contributed by atoms with Crippen molar-refractivity contribution in [3.05, 3.63) is 59.7 Å². The van der Waals surface area contributed by atoms with Crippen molar-refractivity contribution in [2.75, 3.05) is 0 Å². The zero-order chi connectivity index (χ0) is 24.2. The second kappa shape index (κ2) is 10.5. The molecule has 178 valence electrons. The molecule has 2 unspecified atom stereocenters. The lowest BCUT2D eigenvalue weighted by Gasteiger charge is -2.12. The van der Waals surface area contributed by atoms with E-state index in [0.29, 0.717) is 33.8 Å². The Labute approximate surface area is 202 Å². The molecule has 2 atom stereocenters. The lowest BCUT2D eigenvalue weighted by Crippen LogP contribution is -2.32. The molecule has 0 aromatic heterocycles. The predicted octanol–water partition coefficient (Wildman–Crippen LogP) is 3.52. The molecule has 4 amide bonds. The highest BCUT2D eigenvalue weighted by molar-refractivity contribution is 7.84. The summed E-state index contributed by atoms with van der Waals surface area (Å²) < 4.78 is 26.6. The normalized spacial score (nSPS) is 18.8. The second-order valence-corrected chi connectivity index (χ2v) is 10.7. The number of rotatable bonds is 9. The molecule has 0 radical (unpaired) electrons. The maximum absolute atomic E-state index is 12.4. The van der Waals surface area contributed by atoms with Gasteiger partial charge in [-0.15, -0.1) is 0 Å². The summed E-state index contributed by atoms with van der Waals surface area (Å²) >= 11 is 0. The molecule has 0 bridgehead atoms. The highest BCUT2D eigenvalue weighted by Gasteiger charge is 2.39. The summed E-state index contributed by atoms with van der Waals surface area (Å²) in [7, 11) is -3.56. The fourth-order valence-electron chi connectivity index (χ4n) is 4.03. The van der Waals surface area contributed by atoms with E-state index >= 15 is 0 Å². The number of benzene rings is 2. The Kier molecular flexibility index (Phi) is 7.47. The molecule has 2 aliphatic rings. The third-order valence-corrected chi connectivity index (χ3v) is 8.66. The first-order valence-electron chi connectivity index (χ1n) is 11.2. The number of hydrogen-bond acceptors (Lipinski definition) is 6. The van der Waals surface area contributed by atoms with E-state index in [1.807, 2.05) is 0 Å². The van der Waals surface area contributed by atoms with Gasteiger partial charge < -0.3 is 0 Å². The Morgan fingerprint density at radius 2 is 0.941 bits per heavy atom. The minimum absolute atomic E-state index is 0.146. The highest BCUT2D eigenvalue weighted by Crippen LogP contribution is 2.29. The Morgan fingerprint density at radius 1 is 0.588 bits per heavy atom. The summed E-state index contributed by atoms with van der Waals surface area (Å²) in [5.74, 6) is -1.89. The molecule has 4 rings (SSSR count). The molecule has 0 aliphatic carbocycles. The topological polar surface area (TPSA) is 109 Å². The fraction of sp³-hybridized carbons (Fsp3) is 0.333. The molecule has 0 N–H and O–H groups in total. The Morgan fingerprint density at radius 3 is 1.32 bits per heavy atom. The van der Waals surface area contributed by atoms with Crippen LogP contribution in [0.1, 0.15) is 72.1 Å². The van der Waals surface area contributed by atoms with E-state index in [2.05, 4.69) is 0 Å². The number of carbonyl (C=O) groups excluding carboxylic acids is 4. The lowest BCUT2D eigenvalue weighted by atomic mass is 10.1. The average Bonchev–Trinajstić information content (AvgIpc) is 3.25. The van der Waals surface area contributed by atoms with Crippen molar-refractivity contribution in [2.45, 2.75) is 61.2 Å². The Bertz CT molecular complexity index is 1050. The van der Waals surface area contributed by atoms with Crippen LogP contribution >= 0.6 is 0 Å². The molecule has 10 heteroatoms. The van der Waals surface area contributed by atoms with Crippen LogP contribution in [0, 0.1) is 0 Å². The maximum Gasteiger partial charge on any atom is 0.274 e. The summed E-state index contributed by atoms with van der Waals surface area (Å²) in [6, 6.07) is 13.1. The van der Waals surface area contributed by atoms with Gasteiger partial charge in [0.1, 0.15) is 0 Å². The molecule has 0 fully saturated rings. The Balaban J connectivity index is 1.12. The van der Waals surface area contributed by atoms with Gasteiger partial charge in [0.05, 0.1) is 20.9 Å². The first kappa shape index (κ1) is 24.2. The summed E-state index contributed by atoms with van der Waals surface area (Å²) in [4.78, 5) is 50.3. The quantitative estimate of drug-likeness (QED) is 0.488. The van der Waals surface area contributed by atoms with Gasteiger partial charge in [-0.05, 0) is 37.1 Å². The zero-order valence-corrected chi connectivity index (χ0v) is 20.1. The van der Waals surface area contributed by atoms with Crippen LogP contribution in [-0.4, -0.2) is 40.7 Å². The number of hydrogen-bond donors (Lipinski definition) is 0. The van der Waals surface area contributed by atoms with Crippen LogP contribution in [0.15, 0.2) is 58.3 Å². The molecule has 2 aromatic rings. The Hall–Kier alpha value is -2.98. The molecule has 0 saturated heterocycles. The van der Waals surface area contributed by atoms with Crippen molar-refractivity contribution in [1.82, 2.24) is 8.61 Å². The summed E-state index contributed by atoms with van der Waals surface area (Å²) in [5.41, 5.74) is 0.624. The largest absolute Gasteiger partial charge is 0.274 e. The van der Waals surface area contributed by atoms with Crippen LogP contribution in [0.25, 0.3) is 0 Å². The molecule has 2 aliphatic heterocycles. The molecule has 2 heterocycles. The van der Waals surface area contributed by atoms with Crippen LogP contribution < -0.4 is 0 Å².